The third-order valence-corrected chi connectivity index (χ3v) is 2.74. The van der Waals surface area contributed by atoms with Crippen LogP contribution in [0, 0.1) is 13.8 Å². The fraction of sp³-hybridized carbons (Fsp3) is 0.308. The molecule has 0 aromatic carbocycles. The number of rotatable bonds is 3. The highest BCUT2D eigenvalue weighted by Crippen LogP contribution is 2.18. The maximum Gasteiger partial charge on any atom is 0.137 e. The van der Waals surface area contributed by atoms with Crippen molar-refractivity contribution in [2.75, 3.05) is 6.61 Å². The minimum atomic E-state index is 0.635. The van der Waals surface area contributed by atoms with Gasteiger partial charge in [-0.05, 0) is 32.9 Å². The van der Waals surface area contributed by atoms with E-state index < -0.39 is 0 Å². The van der Waals surface area contributed by atoms with Crippen molar-refractivity contribution in [2.45, 2.75) is 20.8 Å². The van der Waals surface area contributed by atoms with Crippen LogP contribution in [0.3, 0.4) is 0 Å². The number of nitrogens with zero attached hydrogens (tertiary/aromatic N) is 2. The smallest absolute Gasteiger partial charge is 0.137 e. The predicted molar refractivity (Wildman–Crippen MR) is 65.3 cm³/mol. The summed E-state index contributed by atoms with van der Waals surface area (Å²) in [4.78, 5) is 4.48. The van der Waals surface area contributed by atoms with Gasteiger partial charge < -0.3 is 9.14 Å². The van der Waals surface area contributed by atoms with Crippen LogP contribution >= 0.6 is 0 Å². The van der Waals surface area contributed by atoms with Crippen LogP contribution in [0.25, 0.3) is 11.4 Å². The molecule has 3 heteroatoms. The Morgan fingerprint density at radius 2 is 2.25 bits per heavy atom. The van der Waals surface area contributed by atoms with E-state index in [2.05, 4.69) is 22.9 Å². The van der Waals surface area contributed by atoms with Crippen molar-refractivity contribution >= 4 is 11.4 Å². The maximum atomic E-state index is 5.38. The van der Waals surface area contributed by atoms with Crippen LogP contribution in [0.1, 0.15) is 23.9 Å². The van der Waals surface area contributed by atoms with E-state index in [4.69, 9.17) is 4.74 Å². The highest BCUT2D eigenvalue weighted by atomic mass is 16.5. The van der Waals surface area contributed by atoms with Gasteiger partial charge in [-0.2, -0.15) is 0 Å². The first-order valence-corrected chi connectivity index (χ1v) is 5.41. The summed E-state index contributed by atoms with van der Waals surface area (Å²) in [6, 6.07) is 4.00. The Hall–Kier alpha value is -1.77. The van der Waals surface area contributed by atoms with Crippen LogP contribution in [0.5, 0.6) is 0 Å². The molecule has 0 saturated heterocycles. The lowest BCUT2D eigenvalue weighted by molar-refractivity contribution is 0.299. The second-order valence-electron chi connectivity index (χ2n) is 3.78. The molecule has 2 heterocycles. The Morgan fingerprint density at radius 3 is 2.94 bits per heavy atom. The highest BCUT2D eigenvalue weighted by Gasteiger charge is 2.06. The lowest BCUT2D eigenvalue weighted by Crippen LogP contribution is -1.93. The fourth-order valence-electron chi connectivity index (χ4n) is 1.72. The SMILES string of the molecule is C=C(OCC)c1ccn2c(C)c(C)nc2c1. The second-order valence-corrected chi connectivity index (χ2v) is 3.78. The molecule has 0 amide bonds. The summed E-state index contributed by atoms with van der Waals surface area (Å²) < 4.78 is 7.45. The quantitative estimate of drug-likeness (QED) is 0.737. The molecule has 0 aliphatic heterocycles. The van der Waals surface area contributed by atoms with Gasteiger partial charge in [-0.15, -0.1) is 0 Å². The van der Waals surface area contributed by atoms with E-state index in [1.165, 1.54) is 5.69 Å². The fourth-order valence-corrected chi connectivity index (χ4v) is 1.72. The lowest BCUT2D eigenvalue weighted by atomic mass is 10.2. The van der Waals surface area contributed by atoms with Crippen molar-refractivity contribution in [1.82, 2.24) is 9.38 Å². The third-order valence-electron chi connectivity index (χ3n) is 2.74. The van der Waals surface area contributed by atoms with E-state index in [0.29, 0.717) is 12.4 Å². The van der Waals surface area contributed by atoms with Crippen molar-refractivity contribution < 1.29 is 4.74 Å². The molecular weight excluding hydrogens is 200 g/mol. The summed E-state index contributed by atoms with van der Waals surface area (Å²) in [5.41, 5.74) is 4.15. The molecule has 0 spiro atoms. The van der Waals surface area contributed by atoms with Gasteiger partial charge in [-0.25, -0.2) is 4.98 Å². The molecule has 84 valence electrons. The number of ether oxygens (including phenoxy) is 1. The van der Waals surface area contributed by atoms with Gasteiger partial charge in [-0.3, -0.25) is 0 Å². The van der Waals surface area contributed by atoms with E-state index in [0.717, 1.165) is 16.9 Å². The van der Waals surface area contributed by atoms with Crippen molar-refractivity contribution in [2.24, 2.45) is 0 Å². The highest BCUT2D eigenvalue weighted by molar-refractivity contribution is 5.62. The number of hydrogen-bond acceptors (Lipinski definition) is 2. The molecule has 0 aliphatic rings. The number of hydrogen-bond donors (Lipinski definition) is 0. The standard InChI is InChI=1S/C13H16N2O/c1-5-16-11(4)12-6-7-15-10(3)9(2)14-13(15)8-12/h6-8H,4-5H2,1-3H3. The summed E-state index contributed by atoms with van der Waals surface area (Å²) in [7, 11) is 0. The molecule has 0 aliphatic carbocycles. The Labute approximate surface area is 95.4 Å². The van der Waals surface area contributed by atoms with Crippen LogP contribution < -0.4 is 0 Å². The predicted octanol–water partition coefficient (Wildman–Crippen LogP) is 2.96. The van der Waals surface area contributed by atoms with Crippen LogP contribution in [0.4, 0.5) is 0 Å². The van der Waals surface area contributed by atoms with E-state index >= 15 is 0 Å². The number of aromatic nitrogens is 2. The molecule has 2 rings (SSSR count). The number of pyridine rings is 1. The van der Waals surface area contributed by atoms with Crippen LogP contribution in [0.2, 0.25) is 0 Å². The summed E-state index contributed by atoms with van der Waals surface area (Å²) in [6.07, 6.45) is 2.00. The first kappa shape index (κ1) is 10.7. The molecule has 3 nitrogen and oxygen atoms in total. The van der Waals surface area contributed by atoms with E-state index in [-0.39, 0.29) is 0 Å². The van der Waals surface area contributed by atoms with Crippen LogP contribution in [-0.2, 0) is 4.74 Å². The molecule has 2 aromatic heterocycles. The molecule has 0 bridgehead atoms. The van der Waals surface area contributed by atoms with E-state index in [1.807, 2.05) is 32.2 Å². The molecule has 0 atom stereocenters. The summed E-state index contributed by atoms with van der Waals surface area (Å²) >= 11 is 0. The van der Waals surface area contributed by atoms with Gasteiger partial charge in [0.05, 0.1) is 12.3 Å². The molecule has 0 radical (unpaired) electrons. The average Bonchev–Trinajstić information content (AvgIpc) is 2.55. The maximum absolute atomic E-state index is 5.38. The summed E-state index contributed by atoms with van der Waals surface area (Å²) in [5, 5.41) is 0. The zero-order valence-corrected chi connectivity index (χ0v) is 9.95. The van der Waals surface area contributed by atoms with Crippen molar-refractivity contribution in [1.29, 1.82) is 0 Å². The van der Waals surface area contributed by atoms with Gasteiger partial charge in [0.2, 0.25) is 0 Å². The van der Waals surface area contributed by atoms with Gasteiger partial charge in [0.1, 0.15) is 11.4 Å². The second kappa shape index (κ2) is 4.00. The van der Waals surface area contributed by atoms with Crippen molar-refractivity contribution in [3.8, 4) is 0 Å². The number of aryl methyl sites for hydroxylation is 2. The average molecular weight is 216 g/mol. The Balaban J connectivity index is 2.48. The van der Waals surface area contributed by atoms with Gasteiger partial charge in [0, 0.05) is 17.5 Å². The van der Waals surface area contributed by atoms with Crippen molar-refractivity contribution in [3.63, 3.8) is 0 Å². The molecule has 2 aromatic rings. The summed E-state index contributed by atoms with van der Waals surface area (Å²) in [5.74, 6) is 0.698. The minimum Gasteiger partial charge on any atom is -0.494 e. The molecular formula is C13H16N2O. The molecule has 0 unspecified atom stereocenters. The molecule has 0 N–H and O–H groups in total. The van der Waals surface area contributed by atoms with Crippen molar-refractivity contribution in [3.05, 3.63) is 41.9 Å². The third kappa shape index (κ3) is 1.69. The van der Waals surface area contributed by atoms with E-state index in [9.17, 15) is 0 Å². The normalized spacial score (nSPS) is 10.7. The summed E-state index contributed by atoms with van der Waals surface area (Å²) in [6.45, 7) is 10.6. The Bertz CT molecular complexity index is 540. The largest absolute Gasteiger partial charge is 0.494 e. The van der Waals surface area contributed by atoms with Crippen LogP contribution in [0.15, 0.2) is 24.9 Å². The molecule has 0 saturated carbocycles. The first-order valence-electron chi connectivity index (χ1n) is 5.41. The van der Waals surface area contributed by atoms with Crippen LogP contribution in [-0.4, -0.2) is 16.0 Å². The Morgan fingerprint density at radius 1 is 1.50 bits per heavy atom. The lowest BCUT2D eigenvalue weighted by Gasteiger charge is -2.07. The zero-order valence-electron chi connectivity index (χ0n) is 9.95. The number of fused-ring (bicyclic) bond motifs is 1. The molecule has 16 heavy (non-hydrogen) atoms. The zero-order chi connectivity index (χ0) is 11.7. The van der Waals surface area contributed by atoms with Gasteiger partial charge in [-0.1, -0.05) is 6.58 Å². The van der Waals surface area contributed by atoms with Gasteiger partial charge in [0.15, 0.2) is 0 Å². The topological polar surface area (TPSA) is 26.5 Å². The Kier molecular flexibility index (Phi) is 2.69. The molecule has 0 fully saturated rings. The van der Waals surface area contributed by atoms with E-state index in [1.54, 1.807) is 0 Å². The van der Waals surface area contributed by atoms with Gasteiger partial charge in [0.25, 0.3) is 0 Å². The van der Waals surface area contributed by atoms with Gasteiger partial charge >= 0.3 is 0 Å². The monoisotopic (exact) mass is 216 g/mol. The minimum absolute atomic E-state index is 0.635. The number of imidazole rings is 1. The first-order chi connectivity index (χ1) is 7.63.